The summed E-state index contributed by atoms with van der Waals surface area (Å²) in [6.07, 6.45) is 0.217. The first-order valence-electron chi connectivity index (χ1n) is 4.99. The highest BCUT2D eigenvalue weighted by Gasteiger charge is 2.03. The average molecular weight is 210 g/mol. The molecule has 0 aliphatic heterocycles. The number of nitrogen functional groups attached to an aromatic ring is 1. The lowest BCUT2D eigenvalue weighted by atomic mass is 10.2. The molecule has 4 nitrogen and oxygen atoms in total. The van der Waals surface area contributed by atoms with E-state index in [0.29, 0.717) is 19.6 Å². The highest BCUT2D eigenvalue weighted by molar-refractivity contribution is 5.65. The van der Waals surface area contributed by atoms with Gasteiger partial charge in [0, 0.05) is 13.7 Å². The Morgan fingerprint density at radius 1 is 1.47 bits per heavy atom. The van der Waals surface area contributed by atoms with Crippen molar-refractivity contribution in [3.05, 3.63) is 24.3 Å². The zero-order valence-electron chi connectivity index (χ0n) is 8.94. The number of ether oxygens (including phenoxy) is 1. The van der Waals surface area contributed by atoms with Crippen LogP contribution in [0.5, 0.6) is 0 Å². The fourth-order valence-corrected chi connectivity index (χ4v) is 1.31. The number of methoxy groups -OCH3 is 1. The maximum absolute atomic E-state index is 9.40. The van der Waals surface area contributed by atoms with Crippen molar-refractivity contribution in [3.8, 4) is 0 Å². The predicted octanol–water partition coefficient (Wildman–Crippen LogP) is 1.08. The molecule has 4 heteroatoms. The van der Waals surface area contributed by atoms with Gasteiger partial charge in [-0.15, -0.1) is 0 Å². The van der Waals surface area contributed by atoms with Crippen molar-refractivity contribution in [1.29, 1.82) is 0 Å². The molecule has 84 valence electrons. The largest absolute Gasteiger partial charge is 0.397 e. The number of rotatable bonds is 6. The first kappa shape index (κ1) is 11.8. The van der Waals surface area contributed by atoms with E-state index in [9.17, 15) is 5.11 Å². The fourth-order valence-electron chi connectivity index (χ4n) is 1.31. The van der Waals surface area contributed by atoms with E-state index in [4.69, 9.17) is 10.5 Å². The molecule has 15 heavy (non-hydrogen) atoms. The Morgan fingerprint density at radius 3 is 2.87 bits per heavy atom. The van der Waals surface area contributed by atoms with Gasteiger partial charge >= 0.3 is 0 Å². The molecule has 0 heterocycles. The molecule has 0 spiro atoms. The summed E-state index contributed by atoms with van der Waals surface area (Å²) in [6, 6.07) is 7.57. The molecule has 1 aromatic rings. The van der Waals surface area contributed by atoms with Crippen LogP contribution >= 0.6 is 0 Å². The van der Waals surface area contributed by atoms with Gasteiger partial charge in [-0.05, 0) is 18.6 Å². The molecule has 0 aliphatic rings. The minimum absolute atomic E-state index is 0.367. The Labute approximate surface area is 90.1 Å². The molecule has 1 atom stereocenters. The van der Waals surface area contributed by atoms with Crippen LogP contribution in [0.3, 0.4) is 0 Å². The molecule has 0 fully saturated rings. The molecular formula is C11H18N2O2. The van der Waals surface area contributed by atoms with E-state index in [1.54, 1.807) is 7.11 Å². The summed E-state index contributed by atoms with van der Waals surface area (Å²) < 4.78 is 4.83. The summed E-state index contributed by atoms with van der Waals surface area (Å²) in [4.78, 5) is 0. The summed E-state index contributed by atoms with van der Waals surface area (Å²) in [6.45, 7) is 1.05. The van der Waals surface area contributed by atoms with Gasteiger partial charge in [0.25, 0.3) is 0 Å². The van der Waals surface area contributed by atoms with Crippen LogP contribution < -0.4 is 11.1 Å². The summed E-state index contributed by atoms with van der Waals surface area (Å²) in [5.41, 5.74) is 7.37. The molecular weight excluding hydrogens is 192 g/mol. The van der Waals surface area contributed by atoms with Crippen LogP contribution in [-0.4, -0.2) is 31.5 Å². The summed E-state index contributed by atoms with van der Waals surface area (Å²) >= 11 is 0. The van der Waals surface area contributed by atoms with Crippen LogP contribution in [0, 0.1) is 0 Å². The molecule has 0 aromatic heterocycles. The number of benzene rings is 1. The van der Waals surface area contributed by atoms with Crippen molar-refractivity contribution < 1.29 is 9.84 Å². The zero-order valence-corrected chi connectivity index (χ0v) is 8.94. The SMILES string of the molecule is COCC(O)CCNc1ccccc1N. The Hall–Kier alpha value is -1.26. The van der Waals surface area contributed by atoms with Crippen LogP contribution in [-0.2, 0) is 4.74 Å². The summed E-state index contributed by atoms with van der Waals surface area (Å²) in [5, 5.41) is 12.6. The van der Waals surface area contributed by atoms with E-state index < -0.39 is 6.10 Å². The molecule has 1 unspecified atom stereocenters. The average Bonchev–Trinajstić information content (AvgIpc) is 2.21. The van der Waals surface area contributed by atoms with Crippen LogP contribution in [0.2, 0.25) is 0 Å². The lowest BCUT2D eigenvalue weighted by molar-refractivity contribution is 0.0615. The lowest BCUT2D eigenvalue weighted by Gasteiger charge is -2.12. The van der Waals surface area contributed by atoms with Crippen LogP contribution in [0.4, 0.5) is 11.4 Å². The Bertz CT molecular complexity index is 292. The van der Waals surface area contributed by atoms with E-state index in [1.807, 2.05) is 24.3 Å². The summed E-state index contributed by atoms with van der Waals surface area (Å²) in [5.74, 6) is 0. The molecule has 4 N–H and O–H groups in total. The minimum atomic E-state index is -0.424. The first-order valence-corrected chi connectivity index (χ1v) is 4.99. The predicted molar refractivity (Wildman–Crippen MR) is 61.8 cm³/mol. The maximum Gasteiger partial charge on any atom is 0.0790 e. The van der Waals surface area contributed by atoms with E-state index in [0.717, 1.165) is 11.4 Å². The van der Waals surface area contributed by atoms with Crippen molar-refractivity contribution in [1.82, 2.24) is 0 Å². The number of aliphatic hydroxyl groups excluding tert-OH is 1. The van der Waals surface area contributed by atoms with Gasteiger partial charge in [0.2, 0.25) is 0 Å². The molecule has 0 bridgehead atoms. The number of anilines is 2. The van der Waals surface area contributed by atoms with Gasteiger partial charge in [-0.3, -0.25) is 0 Å². The Morgan fingerprint density at radius 2 is 2.20 bits per heavy atom. The second-order valence-corrected chi connectivity index (χ2v) is 3.41. The van der Waals surface area contributed by atoms with Crippen molar-refractivity contribution in [2.24, 2.45) is 0 Å². The molecule has 0 radical (unpaired) electrons. The second kappa shape index (κ2) is 6.27. The van der Waals surface area contributed by atoms with Crippen molar-refractivity contribution in [3.63, 3.8) is 0 Å². The molecule has 0 saturated carbocycles. The highest BCUT2D eigenvalue weighted by Crippen LogP contribution is 2.16. The summed E-state index contributed by atoms with van der Waals surface area (Å²) in [7, 11) is 1.58. The molecule has 0 aliphatic carbocycles. The minimum Gasteiger partial charge on any atom is -0.397 e. The highest BCUT2D eigenvalue weighted by atomic mass is 16.5. The normalized spacial score (nSPS) is 12.4. The number of para-hydroxylation sites is 2. The maximum atomic E-state index is 9.40. The number of nitrogens with one attached hydrogen (secondary N) is 1. The van der Waals surface area contributed by atoms with Gasteiger partial charge in [-0.2, -0.15) is 0 Å². The van der Waals surface area contributed by atoms with Gasteiger partial charge in [-0.1, -0.05) is 12.1 Å². The first-order chi connectivity index (χ1) is 7.24. The van der Waals surface area contributed by atoms with Gasteiger partial charge in [0.1, 0.15) is 0 Å². The van der Waals surface area contributed by atoms with Gasteiger partial charge < -0.3 is 20.9 Å². The number of aliphatic hydroxyl groups is 1. The van der Waals surface area contributed by atoms with Crippen molar-refractivity contribution >= 4 is 11.4 Å². The van der Waals surface area contributed by atoms with E-state index in [2.05, 4.69) is 5.32 Å². The topological polar surface area (TPSA) is 67.5 Å². The van der Waals surface area contributed by atoms with Gasteiger partial charge in [0.15, 0.2) is 0 Å². The monoisotopic (exact) mass is 210 g/mol. The van der Waals surface area contributed by atoms with Gasteiger partial charge in [-0.25, -0.2) is 0 Å². The lowest BCUT2D eigenvalue weighted by Crippen LogP contribution is -2.18. The van der Waals surface area contributed by atoms with Crippen LogP contribution in [0.15, 0.2) is 24.3 Å². The number of nitrogens with two attached hydrogens (primary N) is 1. The fraction of sp³-hybridized carbons (Fsp3) is 0.455. The van der Waals surface area contributed by atoms with Crippen LogP contribution in [0.25, 0.3) is 0 Å². The number of hydrogen-bond donors (Lipinski definition) is 3. The van der Waals surface area contributed by atoms with E-state index >= 15 is 0 Å². The van der Waals surface area contributed by atoms with Crippen molar-refractivity contribution in [2.75, 3.05) is 31.3 Å². The third-order valence-electron chi connectivity index (χ3n) is 2.11. The molecule has 1 rings (SSSR count). The second-order valence-electron chi connectivity index (χ2n) is 3.41. The van der Waals surface area contributed by atoms with E-state index in [1.165, 1.54) is 0 Å². The third-order valence-corrected chi connectivity index (χ3v) is 2.11. The van der Waals surface area contributed by atoms with E-state index in [-0.39, 0.29) is 0 Å². The number of hydrogen-bond acceptors (Lipinski definition) is 4. The Balaban J connectivity index is 2.29. The molecule has 0 saturated heterocycles. The van der Waals surface area contributed by atoms with Crippen molar-refractivity contribution in [2.45, 2.75) is 12.5 Å². The quantitative estimate of drug-likeness (QED) is 0.615. The zero-order chi connectivity index (χ0) is 11.1. The standard InChI is InChI=1S/C11H18N2O2/c1-15-8-9(14)6-7-13-11-5-3-2-4-10(11)12/h2-5,9,13-14H,6-8,12H2,1H3. The molecule has 1 aromatic carbocycles. The Kier molecular flexibility index (Phi) is 4.93. The molecule has 0 amide bonds. The van der Waals surface area contributed by atoms with Gasteiger partial charge in [0.05, 0.1) is 24.1 Å². The third kappa shape index (κ3) is 4.18. The van der Waals surface area contributed by atoms with Crippen LogP contribution in [0.1, 0.15) is 6.42 Å². The smallest absolute Gasteiger partial charge is 0.0790 e.